The molecule has 2 N–H and O–H groups in total. The minimum absolute atomic E-state index is 0.00477. The summed E-state index contributed by atoms with van der Waals surface area (Å²) < 4.78 is 10.3. The molecule has 1 aromatic rings. The monoisotopic (exact) mass is 392 g/mol. The van der Waals surface area contributed by atoms with E-state index in [1.807, 2.05) is 44.2 Å². The Hall–Kier alpha value is -2.57. The second-order valence-corrected chi connectivity index (χ2v) is 7.53. The van der Waals surface area contributed by atoms with E-state index in [1.165, 1.54) is 0 Å². The molecule has 0 aliphatic rings. The predicted molar refractivity (Wildman–Crippen MR) is 107 cm³/mol. The molecule has 28 heavy (non-hydrogen) atoms. The van der Waals surface area contributed by atoms with Crippen LogP contribution in [-0.2, 0) is 19.1 Å². The van der Waals surface area contributed by atoms with Crippen LogP contribution in [0.5, 0.6) is 0 Å². The van der Waals surface area contributed by atoms with E-state index < -0.39 is 24.1 Å². The quantitative estimate of drug-likeness (QED) is 0.629. The Morgan fingerprint density at radius 1 is 0.857 bits per heavy atom. The third-order valence-corrected chi connectivity index (χ3v) is 3.82. The minimum atomic E-state index is -0.793. The van der Waals surface area contributed by atoms with E-state index in [9.17, 15) is 14.4 Å². The van der Waals surface area contributed by atoms with Gasteiger partial charge in [-0.15, -0.1) is 0 Å². The lowest BCUT2D eigenvalue weighted by molar-refractivity contribution is -0.148. The van der Waals surface area contributed by atoms with Crippen molar-refractivity contribution in [3.05, 3.63) is 35.9 Å². The van der Waals surface area contributed by atoms with Crippen molar-refractivity contribution in [1.29, 1.82) is 0 Å². The SMILES string of the molecule is CC(C)OC(=O)C[C@H](NC(=O)[C@@H](NC(=O)OC(C)C)C(C)C)c1ccccc1. The molecule has 0 aliphatic carbocycles. The summed E-state index contributed by atoms with van der Waals surface area (Å²) >= 11 is 0. The van der Waals surface area contributed by atoms with Crippen molar-refractivity contribution in [1.82, 2.24) is 10.6 Å². The molecule has 156 valence electrons. The van der Waals surface area contributed by atoms with Crippen LogP contribution in [0.15, 0.2) is 30.3 Å². The second-order valence-electron chi connectivity index (χ2n) is 7.53. The van der Waals surface area contributed by atoms with E-state index in [4.69, 9.17) is 9.47 Å². The number of benzene rings is 1. The van der Waals surface area contributed by atoms with Gasteiger partial charge in [-0.2, -0.15) is 0 Å². The highest BCUT2D eigenvalue weighted by Gasteiger charge is 2.28. The first-order chi connectivity index (χ1) is 13.1. The molecule has 7 heteroatoms. The van der Waals surface area contributed by atoms with Crippen molar-refractivity contribution >= 4 is 18.0 Å². The molecular formula is C21H32N2O5. The van der Waals surface area contributed by atoms with E-state index in [1.54, 1.807) is 27.7 Å². The number of rotatable bonds is 9. The summed E-state index contributed by atoms with van der Waals surface area (Å²) in [5.41, 5.74) is 0.781. The lowest BCUT2D eigenvalue weighted by atomic mass is 10.00. The maximum absolute atomic E-state index is 12.9. The fraction of sp³-hybridized carbons (Fsp3) is 0.571. The zero-order valence-corrected chi connectivity index (χ0v) is 17.5. The fourth-order valence-electron chi connectivity index (χ4n) is 2.59. The van der Waals surface area contributed by atoms with Crippen LogP contribution in [0.1, 0.15) is 59.6 Å². The molecule has 1 rings (SSSR count). The summed E-state index contributed by atoms with van der Waals surface area (Å²) in [6.07, 6.45) is -1.19. The molecule has 7 nitrogen and oxygen atoms in total. The number of amides is 2. The molecule has 0 bridgehead atoms. The fourth-order valence-corrected chi connectivity index (χ4v) is 2.59. The first-order valence-electron chi connectivity index (χ1n) is 9.62. The van der Waals surface area contributed by atoms with Crippen LogP contribution in [0, 0.1) is 5.92 Å². The zero-order chi connectivity index (χ0) is 21.3. The lowest BCUT2D eigenvalue weighted by Gasteiger charge is -2.26. The smallest absolute Gasteiger partial charge is 0.408 e. The Labute approximate surface area is 167 Å². The summed E-state index contributed by atoms with van der Waals surface area (Å²) in [5.74, 6) is -0.960. The molecule has 0 saturated heterocycles. The Morgan fingerprint density at radius 3 is 1.93 bits per heavy atom. The Balaban J connectivity index is 2.93. The third kappa shape index (κ3) is 8.41. The van der Waals surface area contributed by atoms with Crippen LogP contribution in [0.3, 0.4) is 0 Å². The van der Waals surface area contributed by atoms with Crippen molar-refractivity contribution < 1.29 is 23.9 Å². The molecule has 0 unspecified atom stereocenters. The largest absolute Gasteiger partial charge is 0.463 e. The van der Waals surface area contributed by atoms with E-state index >= 15 is 0 Å². The second kappa shape index (κ2) is 11.3. The van der Waals surface area contributed by atoms with Crippen LogP contribution >= 0.6 is 0 Å². The molecule has 0 aromatic heterocycles. The van der Waals surface area contributed by atoms with Gasteiger partial charge in [-0.05, 0) is 39.2 Å². The first-order valence-corrected chi connectivity index (χ1v) is 9.62. The molecule has 2 amide bonds. The predicted octanol–water partition coefficient (Wildman–Crippen LogP) is 3.34. The van der Waals surface area contributed by atoms with Gasteiger partial charge in [-0.3, -0.25) is 9.59 Å². The molecule has 1 aromatic carbocycles. The summed E-state index contributed by atoms with van der Waals surface area (Å²) in [4.78, 5) is 37.0. The average Bonchev–Trinajstić information content (AvgIpc) is 2.58. The number of esters is 1. The zero-order valence-electron chi connectivity index (χ0n) is 17.5. The van der Waals surface area contributed by atoms with Crippen LogP contribution < -0.4 is 10.6 Å². The minimum Gasteiger partial charge on any atom is -0.463 e. The number of nitrogens with one attached hydrogen (secondary N) is 2. The summed E-state index contributed by atoms with van der Waals surface area (Å²) in [6.45, 7) is 10.7. The summed E-state index contributed by atoms with van der Waals surface area (Å²) in [7, 11) is 0. The van der Waals surface area contributed by atoms with E-state index in [-0.39, 0.29) is 30.5 Å². The highest BCUT2D eigenvalue weighted by atomic mass is 16.6. The van der Waals surface area contributed by atoms with Gasteiger partial charge in [0.2, 0.25) is 5.91 Å². The van der Waals surface area contributed by atoms with Crippen molar-refractivity contribution in [2.45, 2.75) is 72.3 Å². The summed E-state index contributed by atoms with van der Waals surface area (Å²) in [5, 5.41) is 5.47. The van der Waals surface area contributed by atoms with Gasteiger partial charge < -0.3 is 20.1 Å². The van der Waals surface area contributed by atoms with Crippen molar-refractivity contribution in [2.75, 3.05) is 0 Å². The van der Waals surface area contributed by atoms with Gasteiger partial charge in [-0.1, -0.05) is 44.2 Å². The van der Waals surface area contributed by atoms with Gasteiger partial charge in [0, 0.05) is 0 Å². The Bertz CT molecular complexity index is 643. The van der Waals surface area contributed by atoms with Gasteiger partial charge in [-0.25, -0.2) is 4.79 Å². The molecule has 0 spiro atoms. The normalized spacial score (nSPS) is 13.2. The molecule has 0 aliphatic heterocycles. The van der Waals surface area contributed by atoms with Gasteiger partial charge in [0.1, 0.15) is 6.04 Å². The number of carbonyl (C=O) groups excluding carboxylic acids is 3. The number of hydrogen-bond donors (Lipinski definition) is 2. The topological polar surface area (TPSA) is 93.7 Å². The van der Waals surface area contributed by atoms with Crippen molar-refractivity contribution in [3.63, 3.8) is 0 Å². The Morgan fingerprint density at radius 2 is 1.43 bits per heavy atom. The van der Waals surface area contributed by atoms with Gasteiger partial charge >= 0.3 is 12.1 Å². The lowest BCUT2D eigenvalue weighted by Crippen LogP contribution is -2.51. The number of alkyl carbamates (subject to hydrolysis) is 1. The maximum atomic E-state index is 12.9. The average molecular weight is 392 g/mol. The molecular weight excluding hydrogens is 360 g/mol. The third-order valence-electron chi connectivity index (χ3n) is 3.82. The van der Waals surface area contributed by atoms with Gasteiger partial charge in [0.15, 0.2) is 0 Å². The first kappa shape index (κ1) is 23.5. The molecule has 2 atom stereocenters. The van der Waals surface area contributed by atoms with Gasteiger partial charge in [0.25, 0.3) is 0 Å². The van der Waals surface area contributed by atoms with E-state index in [0.717, 1.165) is 5.56 Å². The van der Waals surface area contributed by atoms with Crippen LogP contribution in [0.4, 0.5) is 4.79 Å². The number of hydrogen-bond acceptors (Lipinski definition) is 5. The molecule has 0 fully saturated rings. The highest BCUT2D eigenvalue weighted by molar-refractivity contribution is 5.86. The van der Waals surface area contributed by atoms with Crippen LogP contribution in [-0.4, -0.2) is 36.2 Å². The molecule has 0 saturated carbocycles. The Kier molecular flexibility index (Phi) is 9.48. The number of carbonyl (C=O) groups is 3. The van der Waals surface area contributed by atoms with Crippen molar-refractivity contribution in [2.24, 2.45) is 5.92 Å². The highest BCUT2D eigenvalue weighted by Crippen LogP contribution is 2.18. The van der Waals surface area contributed by atoms with E-state index in [2.05, 4.69) is 10.6 Å². The standard InChI is InChI=1S/C21H32N2O5/c1-13(2)19(23-21(26)28-15(5)6)20(25)22-17(12-18(24)27-14(3)4)16-10-8-7-9-11-16/h7-11,13-15,17,19H,12H2,1-6H3,(H,22,25)(H,23,26)/t17-,19-/m0/s1. The maximum Gasteiger partial charge on any atom is 0.408 e. The summed E-state index contributed by atoms with van der Waals surface area (Å²) in [6, 6.07) is 7.83. The van der Waals surface area contributed by atoms with Crippen LogP contribution in [0.25, 0.3) is 0 Å². The number of ether oxygens (including phenoxy) is 2. The van der Waals surface area contributed by atoms with Crippen molar-refractivity contribution in [3.8, 4) is 0 Å². The molecule has 0 radical (unpaired) electrons. The molecule has 0 heterocycles. The van der Waals surface area contributed by atoms with Gasteiger partial charge in [0.05, 0.1) is 24.7 Å². The van der Waals surface area contributed by atoms with Crippen LogP contribution in [0.2, 0.25) is 0 Å². The van der Waals surface area contributed by atoms with E-state index in [0.29, 0.717) is 0 Å².